The molecule has 0 fully saturated rings. The molecule has 0 radical (unpaired) electrons. The molecule has 2 unspecified atom stereocenters. The van der Waals surface area contributed by atoms with E-state index in [-0.39, 0.29) is 32.0 Å². The van der Waals surface area contributed by atoms with Crippen LogP contribution in [-0.4, -0.2) is 70.0 Å². The molecule has 0 heterocycles. The summed E-state index contributed by atoms with van der Waals surface area (Å²) in [6.07, 6.45) is 90.2. The number of carbonyl (C=O) groups is 2. The van der Waals surface area contributed by atoms with Gasteiger partial charge in [-0.05, 0) is 44.9 Å². The van der Waals surface area contributed by atoms with Crippen molar-refractivity contribution in [2.45, 2.75) is 424 Å². The van der Waals surface area contributed by atoms with Crippen LogP contribution in [0.2, 0.25) is 0 Å². The van der Waals surface area contributed by atoms with Gasteiger partial charge >= 0.3 is 11.9 Å². The quantitative estimate of drug-likeness (QED) is 0.0195. The molecule has 0 saturated heterocycles. The van der Waals surface area contributed by atoms with Gasteiger partial charge in [-0.3, -0.25) is 14.2 Å². The van der Waals surface area contributed by atoms with Crippen LogP contribution in [0.25, 0.3) is 0 Å². The molecule has 10 heteroatoms. The first-order chi connectivity index (χ1) is 43.5. The number of unbranched alkanes of at least 4 members (excludes halogenated alkanes) is 57. The summed E-state index contributed by atoms with van der Waals surface area (Å²) < 4.78 is 34.4. The Morgan fingerprint density at radius 1 is 0.348 bits per heavy atom. The number of rotatable bonds is 75. The van der Waals surface area contributed by atoms with Crippen molar-refractivity contribution >= 4 is 19.8 Å². The van der Waals surface area contributed by atoms with Crippen LogP contribution in [0.15, 0.2) is 24.3 Å². The van der Waals surface area contributed by atoms with Crippen molar-refractivity contribution in [3.63, 3.8) is 0 Å². The minimum absolute atomic E-state index is 0.0269. The van der Waals surface area contributed by atoms with E-state index in [1.54, 1.807) is 0 Å². The molecule has 9 nitrogen and oxygen atoms in total. The lowest BCUT2D eigenvalue weighted by molar-refractivity contribution is -0.870. The zero-order valence-electron chi connectivity index (χ0n) is 60.4. The van der Waals surface area contributed by atoms with Gasteiger partial charge in [-0.1, -0.05) is 385 Å². The molecule has 0 aromatic carbocycles. The Hall–Kier alpha value is -1.51. The van der Waals surface area contributed by atoms with E-state index in [1.165, 1.54) is 347 Å². The molecule has 0 rings (SSSR count). The van der Waals surface area contributed by atoms with Crippen LogP contribution in [0.5, 0.6) is 0 Å². The molecule has 0 amide bonds. The molecular weight excluding hydrogens is 1120 g/mol. The van der Waals surface area contributed by atoms with Crippen molar-refractivity contribution in [3.8, 4) is 0 Å². The fourth-order valence-corrected chi connectivity index (χ4v) is 12.9. The Morgan fingerprint density at radius 2 is 0.607 bits per heavy atom. The summed E-state index contributed by atoms with van der Waals surface area (Å²) in [4.78, 5) is 38.1. The Morgan fingerprint density at radius 3 is 0.888 bits per heavy atom. The van der Waals surface area contributed by atoms with Gasteiger partial charge in [0.2, 0.25) is 0 Å². The van der Waals surface area contributed by atoms with E-state index in [9.17, 15) is 19.0 Å². The molecule has 0 aliphatic heterocycles. The zero-order chi connectivity index (χ0) is 64.8. The first-order valence-corrected chi connectivity index (χ1v) is 41.0. The molecular formula is C79H154NO8P. The highest BCUT2D eigenvalue weighted by Crippen LogP contribution is 2.38. The van der Waals surface area contributed by atoms with E-state index in [1.807, 2.05) is 21.1 Å². The SMILES string of the molecule is CCCCCCC/C=C\C/C=C\CCCCCCCCCCCCCCCCCCCC(=O)OC(COC(=O)CCCCCCCCCCCCCCCCCCCCCCCCCCCCCCCCCCCCCC)COP(=O)([O-])OCC[N+](C)(C)C. The third kappa shape index (κ3) is 75.4. The molecule has 0 aromatic rings. The highest BCUT2D eigenvalue weighted by Gasteiger charge is 2.22. The third-order valence-electron chi connectivity index (χ3n) is 18.2. The van der Waals surface area contributed by atoms with E-state index in [2.05, 4.69) is 38.2 Å². The number of hydrogen-bond acceptors (Lipinski definition) is 8. The number of allylic oxidation sites excluding steroid dienone is 4. The van der Waals surface area contributed by atoms with Crippen molar-refractivity contribution in [2.75, 3.05) is 47.5 Å². The van der Waals surface area contributed by atoms with Crippen molar-refractivity contribution < 1.29 is 42.1 Å². The van der Waals surface area contributed by atoms with Crippen LogP contribution < -0.4 is 4.89 Å². The van der Waals surface area contributed by atoms with Crippen LogP contribution in [-0.2, 0) is 32.7 Å². The number of phosphoric ester groups is 1. The second-order valence-electron chi connectivity index (χ2n) is 28.4. The van der Waals surface area contributed by atoms with Crippen LogP contribution in [0.1, 0.15) is 418 Å². The van der Waals surface area contributed by atoms with E-state index >= 15 is 0 Å². The van der Waals surface area contributed by atoms with Crippen molar-refractivity contribution in [3.05, 3.63) is 24.3 Å². The molecule has 0 bridgehead atoms. The fourth-order valence-electron chi connectivity index (χ4n) is 12.2. The number of quaternary nitrogens is 1. The number of ether oxygens (including phenoxy) is 2. The minimum atomic E-state index is -4.64. The summed E-state index contributed by atoms with van der Waals surface area (Å²) in [6, 6.07) is 0. The van der Waals surface area contributed by atoms with Gasteiger partial charge in [0.15, 0.2) is 6.10 Å². The summed E-state index contributed by atoms with van der Waals surface area (Å²) in [7, 11) is 1.19. The van der Waals surface area contributed by atoms with E-state index < -0.39 is 26.5 Å². The molecule has 0 N–H and O–H groups in total. The van der Waals surface area contributed by atoms with Gasteiger partial charge in [0.1, 0.15) is 19.8 Å². The maximum atomic E-state index is 12.9. The molecule has 0 aromatic heterocycles. The van der Waals surface area contributed by atoms with Gasteiger partial charge in [0, 0.05) is 12.8 Å². The summed E-state index contributed by atoms with van der Waals surface area (Å²) in [5, 5.41) is 0. The number of nitrogens with zero attached hydrogens (tertiary/aromatic N) is 1. The van der Waals surface area contributed by atoms with Crippen LogP contribution >= 0.6 is 7.82 Å². The van der Waals surface area contributed by atoms with Gasteiger partial charge in [-0.2, -0.15) is 0 Å². The summed E-state index contributed by atoms with van der Waals surface area (Å²) in [6.45, 7) is 4.32. The predicted octanol–water partition coefficient (Wildman–Crippen LogP) is 25.4. The number of likely N-dealkylation sites (N-methyl/N-ethyl adjacent to an activating group) is 1. The summed E-state index contributed by atoms with van der Waals surface area (Å²) in [5.41, 5.74) is 0. The van der Waals surface area contributed by atoms with E-state index in [4.69, 9.17) is 18.5 Å². The Labute approximate surface area is 555 Å². The largest absolute Gasteiger partial charge is 0.756 e. The zero-order valence-corrected chi connectivity index (χ0v) is 61.3. The van der Waals surface area contributed by atoms with Gasteiger partial charge < -0.3 is 27.9 Å². The lowest BCUT2D eigenvalue weighted by Crippen LogP contribution is -2.37. The molecule has 0 spiro atoms. The molecule has 89 heavy (non-hydrogen) atoms. The monoisotopic (exact) mass is 1280 g/mol. The average molecular weight is 1280 g/mol. The fraction of sp³-hybridized carbons (Fsp3) is 0.924. The van der Waals surface area contributed by atoms with Gasteiger partial charge in [-0.25, -0.2) is 0 Å². The smallest absolute Gasteiger partial charge is 0.306 e. The molecule has 0 aliphatic carbocycles. The maximum absolute atomic E-state index is 12.9. The highest BCUT2D eigenvalue weighted by molar-refractivity contribution is 7.45. The van der Waals surface area contributed by atoms with Crippen molar-refractivity contribution in [1.82, 2.24) is 0 Å². The van der Waals surface area contributed by atoms with Gasteiger partial charge in [0.25, 0.3) is 7.82 Å². The molecule has 2 atom stereocenters. The number of carbonyl (C=O) groups excluding carboxylic acids is 2. The van der Waals surface area contributed by atoms with Crippen LogP contribution in [0.3, 0.4) is 0 Å². The second-order valence-corrected chi connectivity index (χ2v) is 29.9. The number of hydrogen-bond donors (Lipinski definition) is 0. The predicted molar refractivity (Wildman–Crippen MR) is 384 cm³/mol. The van der Waals surface area contributed by atoms with Crippen molar-refractivity contribution in [2.24, 2.45) is 0 Å². The topological polar surface area (TPSA) is 111 Å². The molecule has 528 valence electrons. The number of esters is 2. The van der Waals surface area contributed by atoms with Crippen LogP contribution in [0.4, 0.5) is 0 Å². The first-order valence-electron chi connectivity index (χ1n) is 39.5. The lowest BCUT2D eigenvalue weighted by Gasteiger charge is -2.28. The lowest BCUT2D eigenvalue weighted by atomic mass is 10.0. The normalized spacial score (nSPS) is 13.1. The Kier molecular flexibility index (Phi) is 69.6. The Balaban J connectivity index is 3.90. The van der Waals surface area contributed by atoms with Crippen molar-refractivity contribution in [1.29, 1.82) is 0 Å². The Bertz CT molecular complexity index is 1550. The average Bonchev–Trinajstić information content (AvgIpc) is 3.60. The van der Waals surface area contributed by atoms with Gasteiger partial charge in [-0.15, -0.1) is 0 Å². The van der Waals surface area contributed by atoms with E-state index in [0.29, 0.717) is 17.4 Å². The minimum Gasteiger partial charge on any atom is -0.756 e. The highest BCUT2D eigenvalue weighted by atomic mass is 31.2. The summed E-state index contributed by atoms with van der Waals surface area (Å²) >= 11 is 0. The van der Waals surface area contributed by atoms with Gasteiger partial charge in [0.05, 0.1) is 27.7 Å². The first kappa shape index (κ1) is 87.5. The van der Waals surface area contributed by atoms with Crippen LogP contribution in [0, 0.1) is 0 Å². The summed E-state index contributed by atoms with van der Waals surface area (Å²) in [5.74, 6) is -0.807. The van der Waals surface area contributed by atoms with E-state index in [0.717, 1.165) is 38.5 Å². The third-order valence-corrected chi connectivity index (χ3v) is 19.2. The standard InChI is InChI=1S/C79H154NO8P/c1-6-8-10-12-14-16-18-20-22-24-26-28-30-32-34-36-37-38-39-40-41-42-44-45-47-49-51-53-55-57-59-61-63-65-67-69-71-78(81)85-75-77(76-87-89(83,84)86-74-73-80(3,4)5)88-79(82)72-70-68-66-64-62-60-58-56-54-52-50-48-46-43-35-33-31-29-27-25-23-21-19-17-15-13-11-9-7-2/h19,21,25,27,77H,6-18,20,22-24,26,28-76H2,1-5H3/b21-19-,27-25-. The number of phosphoric acid groups is 1. The second kappa shape index (κ2) is 70.8. The molecule has 0 aliphatic rings. The maximum Gasteiger partial charge on any atom is 0.306 e. The molecule has 0 saturated carbocycles.